The first-order valence-corrected chi connectivity index (χ1v) is 6.44. The van der Waals surface area contributed by atoms with E-state index in [-0.39, 0.29) is 12.0 Å². The quantitative estimate of drug-likeness (QED) is 0.828. The molecule has 3 heterocycles. The first-order chi connectivity index (χ1) is 9.31. The van der Waals surface area contributed by atoms with Gasteiger partial charge in [0.05, 0.1) is 18.8 Å². The molecule has 6 heteroatoms. The van der Waals surface area contributed by atoms with E-state index in [4.69, 9.17) is 4.74 Å². The van der Waals surface area contributed by atoms with Gasteiger partial charge in [0, 0.05) is 18.1 Å². The molecule has 2 aromatic rings. The van der Waals surface area contributed by atoms with Crippen molar-refractivity contribution in [1.82, 2.24) is 15.2 Å². The van der Waals surface area contributed by atoms with Crippen LogP contribution in [-0.4, -0.2) is 40.8 Å². The van der Waals surface area contributed by atoms with Crippen molar-refractivity contribution in [2.45, 2.75) is 25.3 Å². The molecule has 3 rings (SSSR count). The van der Waals surface area contributed by atoms with Crippen molar-refractivity contribution in [2.24, 2.45) is 0 Å². The molecule has 0 unspecified atom stereocenters. The molecule has 0 bridgehead atoms. The van der Waals surface area contributed by atoms with Crippen LogP contribution in [-0.2, 0) is 9.53 Å². The van der Waals surface area contributed by atoms with Gasteiger partial charge in [-0.25, -0.2) is 4.79 Å². The van der Waals surface area contributed by atoms with Crippen LogP contribution in [0.15, 0.2) is 18.5 Å². The summed E-state index contributed by atoms with van der Waals surface area (Å²) in [6.45, 7) is 0.821. The molecule has 1 fully saturated rings. The number of ether oxygens (including phenoxy) is 1. The number of rotatable bonds is 2. The minimum Gasteiger partial charge on any atom is -0.467 e. The summed E-state index contributed by atoms with van der Waals surface area (Å²) in [7, 11) is 1.43. The number of carbonyl (C=O) groups is 1. The number of hydrogen-bond acceptors (Lipinski definition) is 5. The highest BCUT2D eigenvalue weighted by atomic mass is 16.5. The van der Waals surface area contributed by atoms with Gasteiger partial charge < -0.3 is 9.64 Å². The highest BCUT2D eigenvalue weighted by Gasteiger charge is 2.31. The number of carbonyl (C=O) groups excluding carboxylic acids is 1. The lowest BCUT2D eigenvalue weighted by atomic mass is 10.0. The molecule has 0 radical (unpaired) electrons. The van der Waals surface area contributed by atoms with E-state index in [1.165, 1.54) is 7.11 Å². The molecule has 0 aromatic carbocycles. The molecule has 0 aliphatic carbocycles. The molecule has 1 saturated heterocycles. The SMILES string of the molecule is COC(=O)[C@@H]1CCCCN1c1n[nH]c2cnccc12. The molecule has 0 saturated carbocycles. The number of nitrogens with one attached hydrogen (secondary N) is 1. The molecular formula is C13H16N4O2. The van der Waals surface area contributed by atoms with Crippen molar-refractivity contribution >= 4 is 22.7 Å². The van der Waals surface area contributed by atoms with Crippen molar-refractivity contribution in [2.75, 3.05) is 18.6 Å². The Morgan fingerprint density at radius 2 is 2.42 bits per heavy atom. The van der Waals surface area contributed by atoms with Gasteiger partial charge in [0.2, 0.25) is 0 Å². The smallest absolute Gasteiger partial charge is 0.328 e. The van der Waals surface area contributed by atoms with Crippen LogP contribution in [0.2, 0.25) is 0 Å². The zero-order chi connectivity index (χ0) is 13.2. The molecule has 0 amide bonds. The largest absolute Gasteiger partial charge is 0.467 e. The molecule has 1 aliphatic rings. The number of aromatic nitrogens is 3. The highest BCUT2D eigenvalue weighted by Crippen LogP contribution is 2.29. The Bertz CT molecular complexity index is 595. The number of pyridine rings is 1. The monoisotopic (exact) mass is 260 g/mol. The predicted octanol–water partition coefficient (Wildman–Crippen LogP) is 1.49. The van der Waals surface area contributed by atoms with Crippen molar-refractivity contribution in [1.29, 1.82) is 0 Å². The second-order valence-electron chi connectivity index (χ2n) is 4.70. The number of esters is 1. The van der Waals surface area contributed by atoms with E-state index in [1.807, 2.05) is 11.0 Å². The lowest BCUT2D eigenvalue weighted by molar-refractivity contribution is -0.142. The first kappa shape index (κ1) is 12.0. The lowest BCUT2D eigenvalue weighted by Gasteiger charge is -2.34. The van der Waals surface area contributed by atoms with E-state index in [1.54, 1.807) is 12.4 Å². The average molecular weight is 260 g/mol. The molecule has 2 aromatic heterocycles. The summed E-state index contributed by atoms with van der Waals surface area (Å²) in [6, 6.07) is 1.68. The van der Waals surface area contributed by atoms with E-state index < -0.39 is 0 Å². The average Bonchev–Trinajstić information content (AvgIpc) is 2.90. The van der Waals surface area contributed by atoms with E-state index >= 15 is 0 Å². The standard InChI is InChI=1S/C13H16N4O2/c1-19-13(18)11-4-2-3-7-17(11)12-9-5-6-14-8-10(9)15-16-12/h5-6,8,11H,2-4,7H2,1H3,(H,15,16)/t11-/m0/s1. The van der Waals surface area contributed by atoms with Crippen LogP contribution in [0.5, 0.6) is 0 Å². The van der Waals surface area contributed by atoms with Crippen LogP contribution >= 0.6 is 0 Å². The highest BCUT2D eigenvalue weighted by molar-refractivity contribution is 5.92. The van der Waals surface area contributed by atoms with E-state index in [0.29, 0.717) is 0 Å². The Kier molecular flexibility index (Phi) is 3.06. The number of piperidine rings is 1. The number of aromatic amines is 1. The van der Waals surface area contributed by atoms with Crippen LogP contribution in [0.4, 0.5) is 5.82 Å². The summed E-state index contributed by atoms with van der Waals surface area (Å²) in [4.78, 5) is 18.0. The number of nitrogens with zero attached hydrogens (tertiary/aromatic N) is 3. The molecule has 1 aliphatic heterocycles. The van der Waals surface area contributed by atoms with Crippen LogP contribution in [0, 0.1) is 0 Å². The predicted molar refractivity (Wildman–Crippen MR) is 70.9 cm³/mol. The van der Waals surface area contributed by atoms with Gasteiger partial charge in [-0.05, 0) is 25.3 Å². The lowest BCUT2D eigenvalue weighted by Crippen LogP contribution is -2.45. The number of hydrogen-bond donors (Lipinski definition) is 1. The fourth-order valence-electron chi connectivity index (χ4n) is 2.64. The second-order valence-corrected chi connectivity index (χ2v) is 4.70. The summed E-state index contributed by atoms with van der Waals surface area (Å²) in [5.74, 6) is 0.623. The maximum Gasteiger partial charge on any atom is 0.328 e. The minimum absolute atomic E-state index is 0.190. The topological polar surface area (TPSA) is 71.1 Å². The van der Waals surface area contributed by atoms with Gasteiger partial charge in [-0.3, -0.25) is 10.1 Å². The Balaban J connectivity index is 2.00. The molecule has 19 heavy (non-hydrogen) atoms. The Hall–Kier alpha value is -2.11. The van der Waals surface area contributed by atoms with Gasteiger partial charge in [0.1, 0.15) is 6.04 Å². The fraction of sp³-hybridized carbons (Fsp3) is 0.462. The first-order valence-electron chi connectivity index (χ1n) is 6.44. The number of anilines is 1. The third-order valence-electron chi connectivity index (χ3n) is 3.59. The number of H-pyrrole nitrogens is 1. The van der Waals surface area contributed by atoms with E-state index in [9.17, 15) is 4.79 Å². The zero-order valence-corrected chi connectivity index (χ0v) is 10.8. The van der Waals surface area contributed by atoms with Crippen molar-refractivity contribution in [3.63, 3.8) is 0 Å². The molecular weight excluding hydrogens is 244 g/mol. The molecule has 0 spiro atoms. The van der Waals surface area contributed by atoms with E-state index in [2.05, 4.69) is 15.2 Å². The van der Waals surface area contributed by atoms with Gasteiger partial charge >= 0.3 is 5.97 Å². The van der Waals surface area contributed by atoms with Gasteiger partial charge in [-0.2, -0.15) is 5.10 Å². The maximum atomic E-state index is 11.9. The van der Waals surface area contributed by atoms with Gasteiger partial charge in [-0.1, -0.05) is 0 Å². The summed E-state index contributed by atoms with van der Waals surface area (Å²) >= 11 is 0. The summed E-state index contributed by atoms with van der Waals surface area (Å²) in [5, 5.41) is 8.29. The maximum absolute atomic E-state index is 11.9. The molecule has 6 nitrogen and oxygen atoms in total. The van der Waals surface area contributed by atoms with Crippen LogP contribution in [0.3, 0.4) is 0 Å². The van der Waals surface area contributed by atoms with Gasteiger partial charge in [-0.15, -0.1) is 0 Å². The number of fused-ring (bicyclic) bond motifs is 1. The zero-order valence-electron chi connectivity index (χ0n) is 10.8. The summed E-state index contributed by atoms with van der Waals surface area (Å²) < 4.78 is 4.90. The Labute approximate surface area is 110 Å². The van der Waals surface area contributed by atoms with Crippen molar-refractivity contribution < 1.29 is 9.53 Å². The van der Waals surface area contributed by atoms with E-state index in [0.717, 1.165) is 42.5 Å². The third kappa shape index (κ3) is 2.03. The number of methoxy groups -OCH3 is 1. The summed E-state index contributed by atoms with van der Waals surface area (Å²) in [6.07, 6.45) is 6.39. The van der Waals surface area contributed by atoms with Crippen molar-refractivity contribution in [3.05, 3.63) is 18.5 Å². The van der Waals surface area contributed by atoms with Gasteiger partial charge in [0.25, 0.3) is 0 Å². The Morgan fingerprint density at radius 1 is 1.53 bits per heavy atom. The molecule has 1 atom stereocenters. The normalized spacial score (nSPS) is 19.6. The van der Waals surface area contributed by atoms with Gasteiger partial charge in [0.15, 0.2) is 5.82 Å². The van der Waals surface area contributed by atoms with Crippen molar-refractivity contribution in [3.8, 4) is 0 Å². The minimum atomic E-state index is -0.238. The molecule has 1 N–H and O–H groups in total. The Morgan fingerprint density at radius 3 is 3.26 bits per heavy atom. The second kappa shape index (κ2) is 4.87. The van der Waals surface area contributed by atoms with Crippen LogP contribution in [0.1, 0.15) is 19.3 Å². The summed E-state index contributed by atoms with van der Waals surface area (Å²) in [5.41, 5.74) is 0.881. The molecule has 100 valence electrons. The van der Waals surface area contributed by atoms with Crippen LogP contribution < -0.4 is 4.90 Å². The third-order valence-corrected chi connectivity index (χ3v) is 3.59. The fourth-order valence-corrected chi connectivity index (χ4v) is 2.64. The van der Waals surface area contributed by atoms with Crippen LogP contribution in [0.25, 0.3) is 10.9 Å².